The summed E-state index contributed by atoms with van der Waals surface area (Å²) in [6.45, 7) is 0. The Balaban J connectivity index is 1.86. The summed E-state index contributed by atoms with van der Waals surface area (Å²) in [5, 5.41) is 50.0. The molecule has 5 N–H and O–H groups in total. The summed E-state index contributed by atoms with van der Waals surface area (Å²) in [5.74, 6) is -2.07. The summed E-state index contributed by atoms with van der Waals surface area (Å²) in [6.07, 6.45) is 1.99. The summed E-state index contributed by atoms with van der Waals surface area (Å²) in [4.78, 5) is 15.4. The molecule has 1 saturated carbocycles. The van der Waals surface area contributed by atoms with Gasteiger partial charge in [-0.25, -0.2) is 9.37 Å². The number of phenolic OH excluding ortho intramolecular Hbond substituents is 2. The van der Waals surface area contributed by atoms with Crippen LogP contribution in [0.4, 0.5) is 4.39 Å². The summed E-state index contributed by atoms with van der Waals surface area (Å²) in [7, 11) is 0. The Kier molecular flexibility index (Phi) is 6.31. The van der Waals surface area contributed by atoms with Crippen LogP contribution in [-0.2, 0) is 4.79 Å². The van der Waals surface area contributed by atoms with E-state index in [1.165, 1.54) is 24.3 Å². The molecule has 0 amide bonds. The number of carboxylic acids is 1. The molecular weight excluding hydrogens is 429 g/mol. The number of carboxylic acid groups (broad SMARTS) is 1. The molecule has 7 nitrogen and oxygen atoms in total. The molecule has 0 unspecified atom stereocenters. The minimum Gasteiger partial charge on any atom is -0.504 e. The minimum absolute atomic E-state index is 0.129. The number of hydrogen-bond donors (Lipinski definition) is 5. The van der Waals surface area contributed by atoms with Crippen LogP contribution in [0.15, 0.2) is 42.5 Å². The number of halogens is 1. The van der Waals surface area contributed by atoms with Gasteiger partial charge in [-0.15, -0.1) is 0 Å². The van der Waals surface area contributed by atoms with E-state index in [1.807, 2.05) is 0 Å². The predicted octanol–water partition coefficient (Wildman–Crippen LogP) is 3.93. The molecule has 3 aromatic rings. The van der Waals surface area contributed by atoms with Gasteiger partial charge in [0.05, 0.1) is 24.3 Å². The van der Waals surface area contributed by atoms with Gasteiger partial charge >= 0.3 is 5.97 Å². The molecule has 0 bridgehead atoms. The van der Waals surface area contributed by atoms with Gasteiger partial charge in [0, 0.05) is 28.9 Å². The molecule has 33 heavy (non-hydrogen) atoms. The number of aliphatic hydroxyl groups excluding tert-OH is 2. The van der Waals surface area contributed by atoms with Gasteiger partial charge in [0.25, 0.3) is 0 Å². The van der Waals surface area contributed by atoms with Crippen LogP contribution < -0.4 is 0 Å². The van der Waals surface area contributed by atoms with Gasteiger partial charge in [0.2, 0.25) is 0 Å². The molecule has 0 aliphatic heterocycles. The van der Waals surface area contributed by atoms with E-state index in [9.17, 15) is 29.6 Å². The molecule has 1 aromatic heterocycles. The van der Waals surface area contributed by atoms with E-state index in [1.54, 1.807) is 24.3 Å². The lowest BCUT2D eigenvalue weighted by Crippen LogP contribution is -2.19. The number of aromatic hydroxyl groups is 2. The highest BCUT2D eigenvalue weighted by atomic mass is 19.1. The molecular formula is C25H24FNO6. The number of carbonyl (C=O) groups is 1. The number of aromatic nitrogens is 1. The van der Waals surface area contributed by atoms with Crippen LogP contribution in [0.1, 0.15) is 42.9 Å². The monoisotopic (exact) mass is 453 g/mol. The van der Waals surface area contributed by atoms with Crippen molar-refractivity contribution in [3.05, 3.63) is 59.5 Å². The van der Waals surface area contributed by atoms with Crippen molar-refractivity contribution in [2.24, 2.45) is 0 Å². The second-order valence-corrected chi connectivity index (χ2v) is 8.31. The summed E-state index contributed by atoms with van der Waals surface area (Å²) >= 11 is 0. The molecule has 4 rings (SSSR count). The van der Waals surface area contributed by atoms with E-state index in [4.69, 9.17) is 5.11 Å². The number of nitrogens with zero attached hydrogens (tertiary/aromatic N) is 1. The van der Waals surface area contributed by atoms with E-state index in [0.717, 1.165) is 12.8 Å². The molecule has 0 saturated heterocycles. The second-order valence-electron chi connectivity index (χ2n) is 8.31. The normalized spacial score (nSPS) is 15.7. The number of fused-ring (bicyclic) bond motifs is 1. The van der Waals surface area contributed by atoms with Crippen LogP contribution in [0.3, 0.4) is 0 Å². The molecule has 0 spiro atoms. The lowest BCUT2D eigenvalue weighted by Gasteiger charge is -2.17. The maximum Gasteiger partial charge on any atom is 0.305 e. The molecule has 1 aliphatic rings. The Hall–Kier alpha value is -3.49. The van der Waals surface area contributed by atoms with Crippen molar-refractivity contribution >= 4 is 22.9 Å². The van der Waals surface area contributed by atoms with Crippen molar-refractivity contribution in [1.82, 2.24) is 4.98 Å². The molecule has 1 aliphatic carbocycles. The van der Waals surface area contributed by atoms with Gasteiger partial charge in [-0.2, -0.15) is 0 Å². The smallest absolute Gasteiger partial charge is 0.305 e. The largest absolute Gasteiger partial charge is 0.504 e. The molecule has 8 heteroatoms. The van der Waals surface area contributed by atoms with Crippen molar-refractivity contribution in [3.8, 4) is 22.6 Å². The van der Waals surface area contributed by atoms with E-state index in [2.05, 4.69) is 4.98 Å². The fourth-order valence-electron chi connectivity index (χ4n) is 3.95. The van der Waals surface area contributed by atoms with Crippen LogP contribution in [-0.4, -0.2) is 48.7 Å². The van der Waals surface area contributed by atoms with Gasteiger partial charge < -0.3 is 25.5 Å². The zero-order valence-electron chi connectivity index (χ0n) is 17.6. The van der Waals surface area contributed by atoms with E-state index in [0.29, 0.717) is 27.8 Å². The topological polar surface area (TPSA) is 131 Å². The van der Waals surface area contributed by atoms with Crippen molar-refractivity contribution < 1.29 is 34.7 Å². The van der Waals surface area contributed by atoms with Crippen LogP contribution in [0.2, 0.25) is 0 Å². The van der Waals surface area contributed by atoms with Gasteiger partial charge in [-0.1, -0.05) is 24.3 Å². The minimum atomic E-state index is -1.20. The van der Waals surface area contributed by atoms with Gasteiger partial charge in [0.1, 0.15) is 11.3 Å². The van der Waals surface area contributed by atoms with Crippen molar-refractivity contribution in [2.75, 3.05) is 0 Å². The lowest BCUT2D eigenvalue weighted by molar-refractivity contribution is -0.139. The fourth-order valence-corrected chi connectivity index (χ4v) is 3.95. The second kappa shape index (κ2) is 9.17. The zero-order chi connectivity index (χ0) is 23.7. The first kappa shape index (κ1) is 22.7. The third-order valence-electron chi connectivity index (χ3n) is 5.68. The SMILES string of the molecule is O=C(O)C[C@H](O)C[C@H](O)/C=C/c1c(C2CC2)nc2c(O)c(O)ccc2c1-c1ccc(F)cc1. The average molecular weight is 453 g/mol. The third kappa shape index (κ3) is 4.97. The van der Waals surface area contributed by atoms with Gasteiger partial charge in [-0.3, -0.25) is 4.79 Å². The predicted molar refractivity (Wildman–Crippen MR) is 120 cm³/mol. The summed E-state index contributed by atoms with van der Waals surface area (Å²) < 4.78 is 13.6. The highest BCUT2D eigenvalue weighted by Crippen LogP contribution is 2.47. The van der Waals surface area contributed by atoms with E-state index >= 15 is 0 Å². The molecule has 2 aromatic carbocycles. The Labute approximate surface area is 189 Å². The fraction of sp³-hybridized carbons (Fsp3) is 0.280. The molecule has 1 fully saturated rings. The Morgan fingerprint density at radius 2 is 1.82 bits per heavy atom. The standard InChI is InChI=1S/C25H24FNO6/c26-15-5-3-13(4-6-15)22-18(8-7-16(28)11-17(29)12-21(31)32)23(14-1-2-14)27-24-19(22)9-10-20(30)25(24)33/h3-10,14,16-17,28-30,33H,1-2,11-12H2,(H,31,32)/b8-7+/t16-,17-/m1/s1. The summed E-state index contributed by atoms with van der Waals surface area (Å²) in [5.41, 5.74) is 2.90. The van der Waals surface area contributed by atoms with Gasteiger partial charge in [-0.05, 0) is 42.7 Å². The third-order valence-corrected chi connectivity index (χ3v) is 5.68. The number of aliphatic carboxylic acids is 1. The number of aliphatic hydroxyl groups is 2. The molecule has 172 valence electrons. The Bertz CT molecular complexity index is 1220. The van der Waals surface area contributed by atoms with Gasteiger partial charge in [0.15, 0.2) is 11.5 Å². The lowest BCUT2D eigenvalue weighted by atomic mass is 9.91. The Morgan fingerprint density at radius 1 is 1.12 bits per heavy atom. The van der Waals surface area contributed by atoms with Crippen LogP contribution in [0, 0.1) is 5.82 Å². The number of rotatable bonds is 8. The van der Waals surface area contributed by atoms with Crippen molar-refractivity contribution in [1.29, 1.82) is 0 Å². The van der Waals surface area contributed by atoms with Crippen LogP contribution >= 0.6 is 0 Å². The van der Waals surface area contributed by atoms with E-state index < -0.39 is 30.4 Å². The average Bonchev–Trinajstić information content (AvgIpc) is 3.59. The maximum absolute atomic E-state index is 13.6. The van der Waals surface area contributed by atoms with Crippen molar-refractivity contribution in [3.63, 3.8) is 0 Å². The number of benzene rings is 2. The maximum atomic E-state index is 13.6. The highest BCUT2D eigenvalue weighted by Gasteiger charge is 2.30. The first-order valence-corrected chi connectivity index (χ1v) is 10.6. The first-order chi connectivity index (χ1) is 15.7. The highest BCUT2D eigenvalue weighted by molar-refractivity contribution is 6.02. The van der Waals surface area contributed by atoms with Crippen LogP contribution in [0.25, 0.3) is 28.1 Å². The molecule has 1 heterocycles. The summed E-state index contributed by atoms with van der Waals surface area (Å²) in [6, 6.07) is 8.83. The zero-order valence-corrected chi connectivity index (χ0v) is 17.6. The molecule has 0 radical (unpaired) electrons. The number of pyridine rings is 1. The van der Waals surface area contributed by atoms with Crippen LogP contribution in [0.5, 0.6) is 11.5 Å². The van der Waals surface area contributed by atoms with E-state index in [-0.39, 0.29) is 29.4 Å². The number of hydrogen-bond acceptors (Lipinski definition) is 6. The Morgan fingerprint density at radius 3 is 2.45 bits per heavy atom. The quantitative estimate of drug-likeness (QED) is 0.327. The number of phenols is 2. The van der Waals surface area contributed by atoms with Crippen molar-refractivity contribution in [2.45, 2.75) is 43.8 Å². The molecule has 2 atom stereocenters. The first-order valence-electron chi connectivity index (χ1n) is 10.6.